The van der Waals surface area contributed by atoms with Gasteiger partial charge in [-0.1, -0.05) is 66.7 Å². The zero-order valence-electron chi connectivity index (χ0n) is 24.6. The molecular weight excluding hydrogens is 559 g/mol. The Bertz CT molecular complexity index is 1570. The molecule has 0 bridgehead atoms. The van der Waals surface area contributed by atoms with E-state index >= 15 is 0 Å². The predicted molar refractivity (Wildman–Crippen MR) is 167 cm³/mol. The van der Waals surface area contributed by atoms with Crippen LogP contribution in [0.1, 0.15) is 51.0 Å². The van der Waals surface area contributed by atoms with Gasteiger partial charge in [-0.2, -0.15) is 0 Å². The molecule has 2 atom stereocenters. The minimum Gasteiger partial charge on any atom is -0.494 e. The van der Waals surface area contributed by atoms with Crippen molar-refractivity contribution < 1.29 is 23.5 Å². The summed E-state index contributed by atoms with van der Waals surface area (Å²) in [6.07, 6.45) is 0.277. The molecule has 3 amide bonds. The molecule has 0 aliphatic heterocycles. The maximum absolute atomic E-state index is 14.1. The van der Waals surface area contributed by atoms with Gasteiger partial charge in [0, 0.05) is 25.1 Å². The summed E-state index contributed by atoms with van der Waals surface area (Å²) in [6, 6.07) is 26.4. The van der Waals surface area contributed by atoms with Gasteiger partial charge in [-0.05, 0) is 71.5 Å². The average Bonchev–Trinajstić information content (AvgIpc) is 3.03. The van der Waals surface area contributed by atoms with Gasteiger partial charge in [0.05, 0.1) is 12.5 Å². The lowest BCUT2D eigenvalue weighted by Crippen LogP contribution is -2.49. The lowest BCUT2D eigenvalue weighted by molar-refractivity contribution is -0.129. The van der Waals surface area contributed by atoms with Crippen LogP contribution in [0, 0.1) is 5.82 Å². The van der Waals surface area contributed by atoms with Gasteiger partial charge in [0.15, 0.2) is 0 Å². The Morgan fingerprint density at radius 3 is 2.14 bits per heavy atom. The first-order chi connectivity index (χ1) is 21.3. The summed E-state index contributed by atoms with van der Waals surface area (Å²) in [4.78, 5) is 39.9. The fourth-order valence-corrected chi connectivity index (χ4v) is 4.98. The van der Waals surface area contributed by atoms with Gasteiger partial charge in [-0.15, -0.1) is 0 Å². The molecule has 44 heavy (non-hydrogen) atoms. The summed E-state index contributed by atoms with van der Waals surface area (Å²) < 4.78 is 19.6. The molecule has 4 aromatic carbocycles. The van der Waals surface area contributed by atoms with Crippen LogP contribution in [0.25, 0.3) is 0 Å². The van der Waals surface area contributed by atoms with Gasteiger partial charge < -0.3 is 26.8 Å². The molecule has 0 aliphatic carbocycles. The first-order valence-electron chi connectivity index (χ1n) is 14.5. The fraction of sp³-hybridized carbons (Fsp3) is 0.229. The highest BCUT2D eigenvalue weighted by molar-refractivity contribution is 5.98. The second-order valence-corrected chi connectivity index (χ2v) is 10.4. The number of rotatable bonds is 14. The Labute approximate surface area is 256 Å². The van der Waals surface area contributed by atoms with Crippen molar-refractivity contribution in [2.45, 2.75) is 44.8 Å². The number of hydrogen-bond acceptors (Lipinski definition) is 5. The molecule has 228 valence electrons. The van der Waals surface area contributed by atoms with Crippen LogP contribution >= 0.6 is 0 Å². The highest BCUT2D eigenvalue weighted by atomic mass is 19.1. The monoisotopic (exact) mass is 596 g/mol. The number of nitrogens with two attached hydrogens (primary N) is 2. The molecule has 4 rings (SSSR count). The largest absolute Gasteiger partial charge is 0.494 e. The molecule has 0 spiro atoms. The number of ether oxygens (including phenoxy) is 1. The van der Waals surface area contributed by atoms with Crippen molar-refractivity contribution in [2.75, 3.05) is 6.61 Å². The fourth-order valence-electron chi connectivity index (χ4n) is 4.98. The normalized spacial score (nSPS) is 12.2. The molecule has 0 fully saturated rings. The molecule has 9 heteroatoms. The van der Waals surface area contributed by atoms with Crippen LogP contribution in [0.5, 0.6) is 5.75 Å². The van der Waals surface area contributed by atoms with E-state index in [1.807, 2.05) is 55.5 Å². The number of amides is 3. The van der Waals surface area contributed by atoms with Crippen LogP contribution in [0.15, 0.2) is 97.1 Å². The number of benzene rings is 4. The number of carbonyl (C=O) groups is 3. The van der Waals surface area contributed by atoms with E-state index in [1.54, 1.807) is 36.4 Å². The topological polar surface area (TPSA) is 137 Å². The van der Waals surface area contributed by atoms with Crippen molar-refractivity contribution in [1.82, 2.24) is 10.6 Å². The SMILES string of the molecule is CCOc1ccc(C[C@@H](C(=O)N[C@@H](Cc2cccc(F)c2)C(=O)NCc2ccc(CN)cc2)c2ccccc2C(N)=O)cc1. The number of carbonyl (C=O) groups excluding carboxylic acids is 3. The average molecular weight is 597 g/mol. The molecule has 6 N–H and O–H groups in total. The smallest absolute Gasteiger partial charge is 0.249 e. The van der Waals surface area contributed by atoms with Crippen LogP contribution in [-0.2, 0) is 35.5 Å². The van der Waals surface area contributed by atoms with Crippen molar-refractivity contribution in [3.05, 3.63) is 136 Å². The van der Waals surface area contributed by atoms with E-state index in [0.29, 0.717) is 30.0 Å². The highest BCUT2D eigenvalue weighted by Crippen LogP contribution is 2.26. The Morgan fingerprint density at radius 1 is 0.795 bits per heavy atom. The quantitative estimate of drug-likeness (QED) is 0.173. The first-order valence-corrected chi connectivity index (χ1v) is 14.5. The van der Waals surface area contributed by atoms with Gasteiger partial charge in [-0.25, -0.2) is 4.39 Å². The summed E-state index contributed by atoms with van der Waals surface area (Å²) in [5.41, 5.74) is 15.2. The van der Waals surface area contributed by atoms with Gasteiger partial charge in [-0.3, -0.25) is 14.4 Å². The molecule has 0 saturated heterocycles. The van der Waals surface area contributed by atoms with Crippen LogP contribution in [0.3, 0.4) is 0 Å². The second-order valence-electron chi connectivity index (χ2n) is 10.4. The van der Waals surface area contributed by atoms with Crippen molar-refractivity contribution in [3.8, 4) is 5.75 Å². The lowest BCUT2D eigenvalue weighted by atomic mass is 9.87. The van der Waals surface area contributed by atoms with E-state index in [2.05, 4.69) is 10.6 Å². The standard InChI is InChI=1S/C35H37FN4O4/c1-2-44-28-16-14-23(15-17-28)19-31(29-8-3-4-9-30(29)33(38)41)34(42)40-32(20-26-6-5-7-27(36)18-26)35(43)39-22-25-12-10-24(21-37)11-13-25/h3-18,31-32H,2,19-22,37H2,1H3,(H2,38,41)(H,39,43)(H,40,42)/t31-,32+/m1/s1. The maximum atomic E-state index is 14.1. The summed E-state index contributed by atoms with van der Waals surface area (Å²) in [5.74, 6) is -2.19. The van der Waals surface area contributed by atoms with Crippen LogP contribution < -0.4 is 26.8 Å². The highest BCUT2D eigenvalue weighted by Gasteiger charge is 2.29. The summed E-state index contributed by atoms with van der Waals surface area (Å²) in [6.45, 7) is 3.04. The minimum absolute atomic E-state index is 0.0503. The number of primary amides is 1. The summed E-state index contributed by atoms with van der Waals surface area (Å²) in [5, 5.41) is 5.78. The molecule has 0 heterocycles. The predicted octanol–water partition coefficient (Wildman–Crippen LogP) is 4.15. The molecule has 8 nitrogen and oxygen atoms in total. The lowest BCUT2D eigenvalue weighted by Gasteiger charge is -2.24. The zero-order chi connectivity index (χ0) is 31.5. The van der Waals surface area contributed by atoms with Crippen molar-refractivity contribution in [1.29, 1.82) is 0 Å². The Morgan fingerprint density at radius 2 is 1.48 bits per heavy atom. The van der Waals surface area contributed by atoms with Crippen LogP contribution in [-0.4, -0.2) is 30.4 Å². The first kappa shape index (κ1) is 31.9. The number of nitrogens with one attached hydrogen (secondary N) is 2. The van der Waals surface area contributed by atoms with Crippen molar-refractivity contribution in [2.24, 2.45) is 11.5 Å². The zero-order valence-corrected chi connectivity index (χ0v) is 24.6. The molecule has 0 saturated carbocycles. The van der Waals surface area contributed by atoms with Crippen molar-refractivity contribution in [3.63, 3.8) is 0 Å². The third-order valence-electron chi connectivity index (χ3n) is 7.28. The van der Waals surface area contributed by atoms with Crippen molar-refractivity contribution >= 4 is 17.7 Å². The van der Waals surface area contributed by atoms with Gasteiger partial charge in [0.25, 0.3) is 0 Å². The summed E-state index contributed by atoms with van der Waals surface area (Å²) in [7, 11) is 0. The molecule has 0 unspecified atom stereocenters. The van der Waals surface area contributed by atoms with Gasteiger partial charge in [0.1, 0.15) is 17.6 Å². The van der Waals surface area contributed by atoms with E-state index in [1.165, 1.54) is 12.1 Å². The van der Waals surface area contributed by atoms with Crippen LogP contribution in [0.2, 0.25) is 0 Å². The number of hydrogen-bond donors (Lipinski definition) is 4. The minimum atomic E-state index is -1.03. The van der Waals surface area contributed by atoms with E-state index in [0.717, 1.165) is 16.7 Å². The Hall–Kier alpha value is -5.02. The molecular formula is C35H37FN4O4. The van der Waals surface area contributed by atoms with E-state index in [4.69, 9.17) is 16.2 Å². The second kappa shape index (κ2) is 15.5. The van der Waals surface area contributed by atoms with Gasteiger partial charge >= 0.3 is 0 Å². The maximum Gasteiger partial charge on any atom is 0.249 e. The molecule has 4 aromatic rings. The Balaban J connectivity index is 1.62. The number of halogens is 1. The van der Waals surface area contributed by atoms with Gasteiger partial charge in [0.2, 0.25) is 17.7 Å². The summed E-state index contributed by atoms with van der Waals surface area (Å²) >= 11 is 0. The third kappa shape index (κ3) is 8.75. The van der Waals surface area contributed by atoms with E-state index in [9.17, 15) is 18.8 Å². The molecule has 0 aliphatic rings. The molecule has 0 aromatic heterocycles. The Kier molecular flexibility index (Phi) is 11.2. The van der Waals surface area contributed by atoms with Crippen LogP contribution in [0.4, 0.5) is 4.39 Å². The van der Waals surface area contributed by atoms with E-state index < -0.39 is 35.5 Å². The van der Waals surface area contributed by atoms with E-state index in [-0.39, 0.29) is 24.9 Å². The molecule has 0 radical (unpaired) electrons. The third-order valence-corrected chi connectivity index (χ3v) is 7.28.